The van der Waals surface area contributed by atoms with Crippen molar-refractivity contribution in [3.8, 4) is 5.75 Å². The highest BCUT2D eigenvalue weighted by Crippen LogP contribution is 2.33. The van der Waals surface area contributed by atoms with Gasteiger partial charge in [-0.1, -0.05) is 27.2 Å². The summed E-state index contributed by atoms with van der Waals surface area (Å²) >= 11 is 0. The monoisotopic (exact) mass is 340 g/mol. The summed E-state index contributed by atoms with van der Waals surface area (Å²) in [7, 11) is -3.55. The summed E-state index contributed by atoms with van der Waals surface area (Å²) in [5, 5.41) is 2.76. The summed E-state index contributed by atoms with van der Waals surface area (Å²) in [6.07, 6.45) is 2.04. The normalized spacial score (nSPS) is 17.6. The lowest BCUT2D eigenvalue weighted by atomic mass is 10.1. The second kappa shape index (κ2) is 7.31. The van der Waals surface area contributed by atoms with Crippen LogP contribution in [0.15, 0.2) is 23.1 Å². The van der Waals surface area contributed by atoms with E-state index in [9.17, 15) is 13.2 Å². The summed E-state index contributed by atoms with van der Waals surface area (Å²) < 4.78 is 32.2. The molecule has 0 saturated carbocycles. The zero-order valence-electron chi connectivity index (χ0n) is 13.8. The van der Waals surface area contributed by atoms with E-state index in [0.29, 0.717) is 30.9 Å². The summed E-state index contributed by atoms with van der Waals surface area (Å²) in [6, 6.07) is 4.61. The van der Waals surface area contributed by atoms with Gasteiger partial charge in [-0.05, 0) is 31.0 Å². The smallest absolute Gasteiger partial charge is 0.265 e. The number of rotatable bonds is 7. The molecule has 7 heteroatoms. The van der Waals surface area contributed by atoms with Gasteiger partial charge in [0.15, 0.2) is 6.10 Å². The molecule has 1 aliphatic heterocycles. The molecule has 0 radical (unpaired) electrons. The van der Waals surface area contributed by atoms with Gasteiger partial charge in [-0.15, -0.1) is 0 Å². The Morgan fingerprint density at radius 1 is 1.22 bits per heavy atom. The maximum absolute atomic E-state index is 12.5. The van der Waals surface area contributed by atoms with Gasteiger partial charge >= 0.3 is 0 Å². The molecule has 0 aromatic heterocycles. The number of ether oxygens (including phenoxy) is 1. The molecule has 23 heavy (non-hydrogen) atoms. The van der Waals surface area contributed by atoms with E-state index in [1.165, 1.54) is 16.4 Å². The first-order valence-electron chi connectivity index (χ1n) is 8.05. The number of hydrogen-bond acceptors (Lipinski definition) is 4. The number of hydrogen-bond donors (Lipinski definition) is 1. The van der Waals surface area contributed by atoms with Crippen molar-refractivity contribution < 1.29 is 17.9 Å². The van der Waals surface area contributed by atoms with Crippen molar-refractivity contribution in [3.63, 3.8) is 0 Å². The van der Waals surface area contributed by atoms with E-state index in [4.69, 9.17) is 4.74 Å². The summed E-state index contributed by atoms with van der Waals surface area (Å²) in [5.41, 5.74) is 0.413. The highest BCUT2D eigenvalue weighted by Gasteiger charge is 2.29. The molecule has 2 rings (SSSR count). The Hall–Kier alpha value is -1.60. The van der Waals surface area contributed by atoms with Gasteiger partial charge in [0.05, 0.1) is 10.6 Å². The third kappa shape index (κ3) is 3.67. The van der Waals surface area contributed by atoms with E-state index in [2.05, 4.69) is 12.2 Å². The van der Waals surface area contributed by atoms with E-state index in [0.717, 1.165) is 12.8 Å². The first-order chi connectivity index (χ1) is 10.9. The molecule has 0 fully saturated rings. The van der Waals surface area contributed by atoms with Crippen LogP contribution in [-0.4, -0.2) is 37.8 Å². The van der Waals surface area contributed by atoms with Gasteiger partial charge in [0.2, 0.25) is 10.0 Å². The second-order valence-corrected chi connectivity index (χ2v) is 7.42. The first-order valence-corrected chi connectivity index (χ1v) is 9.49. The summed E-state index contributed by atoms with van der Waals surface area (Å²) in [6.45, 7) is 6.44. The second-order valence-electron chi connectivity index (χ2n) is 5.49. The van der Waals surface area contributed by atoms with Gasteiger partial charge in [-0.25, -0.2) is 8.42 Å². The van der Waals surface area contributed by atoms with Crippen LogP contribution >= 0.6 is 0 Å². The molecule has 1 aromatic rings. The molecular weight excluding hydrogens is 316 g/mol. The largest absolute Gasteiger partial charge is 0.478 e. The minimum Gasteiger partial charge on any atom is -0.478 e. The number of amides is 1. The predicted molar refractivity (Wildman–Crippen MR) is 89.1 cm³/mol. The van der Waals surface area contributed by atoms with Crippen LogP contribution < -0.4 is 10.1 Å². The SMILES string of the molecule is CCCCC1Oc2ccc(S(=O)(=O)N(CC)CC)cc2NC1=O. The molecule has 1 unspecified atom stereocenters. The highest BCUT2D eigenvalue weighted by atomic mass is 32.2. The minimum atomic E-state index is -3.55. The van der Waals surface area contributed by atoms with E-state index < -0.39 is 16.1 Å². The van der Waals surface area contributed by atoms with Gasteiger partial charge in [-0.3, -0.25) is 4.79 Å². The number of fused-ring (bicyclic) bond motifs is 1. The summed E-state index contributed by atoms with van der Waals surface area (Å²) in [4.78, 5) is 12.2. The van der Waals surface area contributed by atoms with Crippen LogP contribution in [0.2, 0.25) is 0 Å². The first kappa shape index (κ1) is 17.7. The average molecular weight is 340 g/mol. The van der Waals surface area contributed by atoms with E-state index in [-0.39, 0.29) is 10.8 Å². The Morgan fingerprint density at radius 3 is 2.52 bits per heavy atom. The lowest BCUT2D eigenvalue weighted by Crippen LogP contribution is -2.37. The minimum absolute atomic E-state index is 0.163. The van der Waals surface area contributed by atoms with Crippen LogP contribution in [0.25, 0.3) is 0 Å². The standard InChI is InChI=1S/C16H24N2O4S/c1-4-7-8-15-16(19)17-13-11-12(9-10-14(13)22-15)23(20,21)18(5-2)6-3/h9-11,15H,4-8H2,1-3H3,(H,17,19). The third-order valence-electron chi connectivity index (χ3n) is 3.93. The molecule has 1 N–H and O–H groups in total. The maximum atomic E-state index is 12.5. The zero-order valence-corrected chi connectivity index (χ0v) is 14.6. The number of benzene rings is 1. The molecule has 1 heterocycles. The lowest BCUT2D eigenvalue weighted by Gasteiger charge is -2.26. The van der Waals surface area contributed by atoms with Crippen molar-refractivity contribution >= 4 is 21.6 Å². The number of anilines is 1. The van der Waals surface area contributed by atoms with Crippen molar-refractivity contribution in [2.75, 3.05) is 18.4 Å². The van der Waals surface area contributed by atoms with E-state index >= 15 is 0 Å². The molecule has 1 atom stereocenters. The third-order valence-corrected chi connectivity index (χ3v) is 5.98. The fourth-order valence-electron chi connectivity index (χ4n) is 2.58. The summed E-state index contributed by atoms with van der Waals surface area (Å²) in [5.74, 6) is 0.299. The van der Waals surface area contributed by atoms with Crippen molar-refractivity contribution in [2.45, 2.75) is 51.0 Å². The zero-order chi connectivity index (χ0) is 17.0. The molecule has 0 aliphatic carbocycles. The molecule has 0 spiro atoms. The number of carbonyl (C=O) groups excluding carboxylic acids is 1. The van der Waals surface area contributed by atoms with E-state index in [1.54, 1.807) is 19.9 Å². The van der Waals surface area contributed by atoms with Gasteiger partial charge in [0, 0.05) is 13.1 Å². The number of nitrogens with one attached hydrogen (secondary N) is 1. The van der Waals surface area contributed by atoms with Crippen LogP contribution in [0, 0.1) is 0 Å². The molecule has 1 aromatic carbocycles. The number of unbranched alkanes of at least 4 members (excludes halogenated alkanes) is 1. The maximum Gasteiger partial charge on any atom is 0.265 e. The Labute approximate surface area is 137 Å². The topological polar surface area (TPSA) is 75.7 Å². The Balaban J connectivity index is 2.28. The molecule has 1 aliphatic rings. The Morgan fingerprint density at radius 2 is 1.91 bits per heavy atom. The average Bonchev–Trinajstić information content (AvgIpc) is 2.53. The predicted octanol–water partition coefficient (Wildman–Crippen LogP) is 2.61. The van der Waals surface area contributed by atoms with Crippen molar-refractivity contribution in [3.05, 3.63) is 18.2 Å². The molecular formula is C16H24N2O4S. The molecule has 128 valence electrons. The molecule has 0 bridgehead atoms. The van der Waals surface area contributed by atoms with Crippen molar-refractivity contribution in [1.82, 2.24) is 4.31 Å². The van der Waals surface area contributed by atoms with Crippen LogP contribution in [0.3, 0.4) is 0 Å². The van der Waals surface area contributed by atoms with E-state index in [1.807, 2.05) is 0 Å². The Bertz CT molecular complexity index is 669. The fraction of sp³-hybridized carbons (Fsp3) is 0.562. The van der Waals surface area contributed by atoms with Crippen LogP contribution in [0.1, 0.15) is 40.0 Å². The van der Waals surface area contributed by atoms with Crippen LogP contribution in [0.5, 0.6) is 5.75 Å². The quantitative estimate of drug-likeness (QED) is 0.828. The van der Waals surface area contributed by atoms with Gasteiger partial charge in [0.1, 0.15) is 5.75 Å². The molecule has 1 amide bonds. The molecule has 6 nitrogen and oxygen atoms in total. The molecule has 0 saturated heterocycles. The van der Waals surface area contributed by atoms with Gasteiger partial charge in [-0.2, -0.15) is 4.31 Å². The van der Waals surface area contributed by atoms with Gasteiger partial charge in [0.25, 0.3) is 5.91 Å². The number of sulfonamides is 1. The fourth-order valence-corrected chi connectivity index (χ4v) is 4.07. The number of carbonyl (C=O) groups is 1. The number of nitrogens with zero attached hydrogens (tertiary/aromatic N) is 1. The van der Waals surface area contributed by atoms with Crippen LogP contribution in [-0.2, 0) is 14.8 Å². The highest BCUT2D eigenvalue weighted by molar-refractivity contribution is 7.89. The van der Waals surface area contributed by atoms with Gasteiger partial charge < -0.3 is 10.1 Å². The lowest BCUT2D eigenvalue weighted by molar-refractivity contribution is -0.123. The Kier molecular flexibility index (Phi) is 5.64. The van der Waals surface area contributed by atoms with Crippen LogP contribution in [0.4, 0.5) is 5.69 Å². The van der Waals surface area contributed by atoms with Crippen molar-refractivity contribution in [1.29, 1.82) is 0 Å². The van der Waals surface area contributed by atoms with Crippen molar-refractivity contribution in [2.24, 2.45) is 0 Å².